The summed E-state index contributed by atoms with van der Waals surface area (Å²) in [6.45, 7) is 6.88. The lowest BCUT2D eigenvalue weighted by Gasteiger charge is -2.28. The van der Waals surface area contributed by atoms with Gasteiger partial charge in [-0.15, -0.1) is 0 Å². The van der Waals surface area contributed by atoms with Crippen LogP contribution in [-0.2, 0) is 4.79 Å². The molecule has 2 aliphatic heterocycles. The summed E-state index contributed by atoms with van der Waals surface area (Å²) in [7, 11) is 0. The van der Waals surface area contributed by atoms with Crippen molar-refractivity contribution in [3.8, 4) is 0 Å². The van der Waals surface area contributed by atoms with Gasteiger partial charge in [0.1, 0.15) is 0 Å². The third-order valence-electron chi connectivity index (χ3n) is 4.28. The number of rotatable bonds is 2. The second kappa shape index (κ2) is 4.94. The Morgan fingerprint density at radius 3 is 2.76 bits per heavy atom. The summed E-state index contributed by atoms with van der Waals surface area (Å²) in [6, 6.07) is 0.0111. The normalized spacial score (nSPS) is 32.8. The summed E-state index contributed by atoms with van der Waals surface area (Å²) < 4.78 is 0. The monoisotopic (exact) mass is 240 g/mol. The van der Waals surface area contributed by atoms with Crippen LogP contribution < -0.4 is 5.32 Å². The minimum Gasteiger partial charge on any atom is -0.396 e. The van der Waals surface area contributed by atoms with E-state index in [1.165, 1.54) is 6.42 Å². The maximum atomic E-state index is 12.3. The lowest BCUT2D eigenvalue weighted by Crippen LogP contribution is -2.48. The molecule has 17 heavy (non-hydrogen) atoms. The van der Waals surface area contributed by atoms with Crippen LogP contribution >= 0.6 is 0 Å². The number of hydrogen-bond donors (Lipinski definition) is 2. The number of nitrogens with zero attached hydrogens (tertiary/aromatic N) is 1. The first-order chi connectivity index (χ1) is 8.04. The number of likely N-dealkylation sites (tertiary alicyclic amines) is 1. The predicted molar refractivity (Wildman–Crippen MR) is 66.6 cm³/mol. The second-order valence-corrected chi connectivity index (χ2v) is 6.09. The average molecular weight is 240 g/mol. The summed E-state index contributed by atoms with van der Waals surface area (Å²) in [5.41, 5.74) is 0.0408. The first kappa shape index (κ1) is 12.8. The summed E-state index contributed by atoms with van der Waals surface area (Å²) in [5, 5.41) is 12.7. The standard InChI is InChI=1S/C13H24N2O2/c1-13(2)9-15(7-10(13)8-16)12(17)11-5-3-4-6-14-11/h10-11,14,16H,3-9H2,1-2H3/t10-,11+/m0/s1. The number of piperidine rings is 1. The molecule has 2 atom stereocenters. The molecular formula is C13H24N2O2. The molecule has 98 valence electrons. The Hall–Kier alpha value is -0.610. The molecule has 0 aliphatic carbocycles. The van der Waals surface area contributed by atoms with E-state index in [0.717, 1.165) is 25.9 Å². The van der Waals surface area contributed by atoms with E-state index in [-0.39, 0.29) is 29.9 Å². The number of hydrogen-bond acceptors (Lipinski definition) is 3. The van der Waals surface area contributed by atoms with Crippen LogP contribution in [0.15, 0.2) is 0 Å². The van der Waals surface area contributed by atoms with E-state index in [4.69, 9.17) is 0 Å². The van der Waals surface area contributed by atoms with E-state index in [0.29, 0.717) is 6.54 Å². The van der Waals surface area contributed by atoms with Crippen LogP contribution in [-0.4, -0.2) is 48.2 Å². The van der Waals surface area contributed by atoms with Gasteiger partial charge in [0.25, 0.3) is 0 Å². The fourth-order valence-corrected chi connectivity index (χ4v) is 2.95. The molecule has 1 amide bonds. The Kier molecular flexibility index (Phi) is 3.73. The summed E-state index contributed by atoms with van der Waals surface area (Å²) in [6.07, 6.45) is 3.28. The highest BCUT2D eigenvalue weighted by Gasteiger charge is 2.42. The molecule has 0 bridgehead atoms. The number of aliphatic hydroxyl groups is 1. The van der Waals surface area contributed by atoms with E-state index in [9.17, 15) is 9.90 Å². The molecule has 2 aliphatic rings. The Bertz CT molecular complexity index is 285. The van der Waals surface area contributed by atoms with Crippen molar-refractivity contribution in [1.29, 1.82) is 0 Å². The molecule has 0 saturated carbocycles. The lowest BCUT2D eigenvalue weighted by molar-refractivity contribution is -0.133. The van der Waals surface area contributed by atoms with E-state index < -0.39 is 0 Å². The van der Waals surface area contributed by atoms with Crippen molar-refractivity contribution in [2.75, 3.05) is 26.2 Å². The van der Waals surface area contributed by atoms with Gasteiger partial charge in [0.05, 0.1) is 6.04 Å². The number of aliphatic hydroxyl groups excluding tert-OH is 1. The fourth-order valence-electron chi connectivity index (χ4n) is 2.95. The molecule has 2 fully saturated rings. The highest BCUT2D eigenvalue weighted by Crippen LogP contribution is 2.35. The molecular weight excluding hydrogens is 216 g/mol. The van der Waals surface area contributed by atoms with Crippen LogP contribution in [0.25, 0.3) is 0 Å². The van der Waals surface area contributed by atoms with Crippen LogP contribution in [0.1, 0.15) is 33.1 Å². The quantitative estimate of drug-likeness (QED) is 0.743. The maximum absolute atomic E-state index is 12.3. The minimum atomic E-state index is 0.0111. The Labute approximate surface area is 103 Å². The molecule has 4 heteroatoms. The zero-order valence-corrected chi connectivity index (χ0v) is 10.9. The minimum absolute atomic E-state index is 0.0111. The third kappa shape index (κ3) is 2.63. The van der Waals surface area contributed by atoms with Crippen molar-refractivity contribution in [2.24, 2.45) is 11.3 Å². The predicted octanol–water partition coefficient (Wildman–Crippen LogP) is 0.605. The highest BCUT2D eigenvalue weighted by atomic mass is 16.3. The molecule has 4 nitrogen and oxygen atoms in total. The maximum Gasteiger partial charge on any atom is 0.239 e. The smallest absolute Gasteiger partial charge is 0.239 e. The molecule has 2 rings (SSSR count). The van der Waals surface area contributed by atoms with Crippen molar-refractivity contribution < 1.29 is 9.90 Å². The molecule has 0 aromatic carbocycles. The van der Waals surface area contributed by atoms with Crippen molar-refractivity contribution in [3.63, 3.8) is 0 Å². The van der Waals surface area contributed by atoms with Crippen LogP contribution in [0.2, 0.25) is 0 Å². The van der Waals surface area contributed by atoms with E-state index >= 15 is 0 Å². The van der Waals surface area contributed by atoms with Gasteiger partial charge < -0.3 is 15.3 Å². The topological polar surface area (TPSA) is 52.6 Å². The number of amides is 1. The van der Waals surface area contributed by atoms with Crippen LogP contribution in [0.3, 0.4) is 0 Å². The van der Waals surface area contributed by atoms with Gasteiger partial charge >= 0.3 is 0 Å². The summed E-state index contributed by atoms with van der Waals surface area (Å²) in [4.78, 5) is 14.3. The third-order valence-corrected chi connectivity index (χ3v) is 4.28. The first-order valence-corrected chi connectivity index (χ1v) is 6.67. The molecule has 2 saturated heterocycles. The molecule has 2 heterocycles. The molecule has 2 N–H and O–H groups in total. The summed E-state index contributed by atoms with van der Waals surface area (Å²) >= 11 is 0. The van der Waals surface area contributed by atoms with Crippen molar-refractivity contribution in [2.45, 2.75) is 39.2 Å². The highest BCUT2D eigenvalue weighted by molar-refractivity contribution is 5.82. The second-order valence-electron chi connectivity index (χ2n) is 6.09. The molecule has 0 unspecified atom stereocenters. The number of carbonyl (C=O) groups excluding carboxylic acids is 1. The molecule has 0 spiro atoms. The van der Waals surface area contributed by atoms with Gasteiger partial charge in [-0.2, -0.15) is 0 Å². The SMILES string of the molecule is CC1(C)CN(C(=O)[C@H]2CCCCN2)C[C@H]1CO. The molecule has 0 aromatic heterocycles. The van der Waals surface area contributed by atoms with E-state index in [2.05, 4.69) is 19.2 Å². The van der Waals surface area contributed by atoms with Gasteiger partial charge in [0.15, 0.2) is 0 Å². The van der Waals surface area contributed by atoms with Crippen LogP contribution in [0.5, 0.6) is 0 Å². The van der Waals surface area contributed by atoms with Crippen molar-refractivity contribution in [1.82, 2.24) is 10.2 Å². The number of nitrogens with one attached hydrogen (secondary N) is 1. The molecule has 0 aromatic rings. The van der Waals surface area contributed by atoms with Crippen LogP contribution in [0.4, 0.5) is 0 Å². The molecule has 0 radical (unpaired) electrons. The summed E-state index contributed by atoms with van der Waals surface area (Å²) in [5.74, 6) is 0.448. The number of carbonyl (C=O) groups is 1. The van der Waals surface area contributed by atoms with Gasteiger partial charge in [0.2, 0.25) is 5.91 Å². The van der Waals surface area contributed by atoms with Crippen molar-refractivity contribution in [3.05, 3.63) is 0 Å². The first-order valence-electron chi connectivity index (χ1n) is 6.67. The Morgan fingerprint density at radius 2 is 2.24 bits per heavy atom. The van der Waals surface area contributed by atoms with Gasteiger partial charge in [-0.05, 0) is 24.8 Å². The van der Waals surface area contributed by atoms with Gasteiger partial charge in [-0.25, -0.2) is 0 Å². The van der Waals surface area contributed by atoms with E-state index in [1.54, 1.807) is 0 Å². The fraction of sp³-hybridized carbons (Fsp3) is 0.923. The van der Waals surface area contributed by atoms with Crippen LogP contribution in [0, 0.1) is 11.3 Å². The van der Waals surface area contributed by atoms with Gasteiger partial charge in [-0.3, -0.25) is 4.79 Å². The Morgan fingerprint density at radius 1 is 1.47 bits per heavy atom. The largest absolute Gasteiger partial charge is 0.396 e. The zero-order chi connectivity index (χ0) is 12.5. The lowest BCUT2D eigenvalue weighted by atomic mass is 9.83. The van der Waals surface area contributed by atoms with E-state index in [1.807, 2.05) is 4.90 Å². The Balaban J connectivity index is 1.97. The zero-order valence-electron chi connectivity index (χ0n) is 10.9. The van der Waals surface area contributed by atoms with Gasteiger partial charge in [-0.1, -0.05) is 20.3 Å². The van der Waals surface area contributed by atoms with Crippen molar-refractivity contribution >= 4 is 5.91 Å². The average Bonchev–Trinajstić information content (AvgIpc) is 2.64. The van der Waals surface area contributed by atoms with Gasteiger partial charge in [0, 0.05) is 25.6 Å².